The van der Waals surface area contributed by atoms with Crippen LogP contribution in [0.1, 0.15) is 78.6 Å². The maximum absolute atomic E-state index is 3.77. The summed E-state index contributed by atoms with van der Waals surface area (Å²) in [6.07, 6.45) is 12.8. The lowest BCUT2D eigenvalue weighted by Gasteiger charge is -2.41. The summed E-state index contributed by atoms with van der Waals surface area (Å²) in [4.78, 5) is 0. The summed E-state index contributed by atoms with van der Waals surface area (Å²) in [5.41, 5.74) is 0.490. The molecule has 2 atom stereocenters. The largest absolute Gasteiger partial charge is 0.312 e. The van der Waals surface area contributed by atoms with E-state index in [0.29, 0.717) is 5.54 Å². The van der Waals surface area contributed by atoms with Crippen LogP contribution in [0.25, 0.3) is 0 Å². The zero-order chi connectivity index (χ0) is 11.9. The van der Waals surface area contributed by atoms with Gasteiger partial charge in [0, 0.05) is 5.54 Å². The van der Waals surface area contributed by atoms with Gasteiger partial charge < -0.3 is 5.32 Å². The van der Waals surface area contributed by atoms with Gasteiger partial charge in [-0.1, -0.05) is 59.3 Å². The first-order valence-electron chi connectivity index (χ1n) is 7.51. The first kappa shape index (κ1) is 14.0. The minimum Gasteiger partial charge on any atom is -0.312 e. The van der Waals surface area contributed by atoms with E-state index in [1.54, 1.807) is 0 Å². The van der Waals surface area contributed by atoms with Crippen molar-refractivity contribution in [3.63, 3.8) is 0 Å². The van der Waals surface area contributed by atoms with Crippen LogP contribution in [-0.2, 0) is 0 Å². The van der Waals surface area contributed by atoms with Crippen LogP contribution in [0.15, 0.2) is 0 Å². The number of rotatable bonds is 7. The van der Waals surface area contributed by atoms with Crippen LogP contribution in [0.3, 0.4) is 0 Å². The van der Waals surface area contributed by atoms with E-state index in [9.17, 15) is 0 Å². The molecule has 0 aromatic heterocycles. The zero-order valence-corrected chi connectivity index (χ0v) is 11.6. The first-order valence-corrected chi connectivity index (χ1v) is 7.51. The summed E-state index contributed by atoms with van der Waals surface area (Å²) < 4.78 is 0. The summed E-state index contributed by atoms with van der Waals surface area (Å²) in [5, 5.41) is 3.77. The summed E-state index contributed by atoms with van der Waals surface area (Å²) in [5.74, 6) is 0.999. The van der Waals surface area contributed by atoms with Crippen LogP contribution in [0.2, 0.25) is 0 Å². The van der Waals surface area contributed by atoms with E-state index in [1.165, 1.54) is 57.8 Å². The Morgan fingerprint density at radius 1 is 1.19 bits per heavy atom. The fraction of sp³-hybridized carbons (Fsp3) is 1.00. The van der Waals surface area contributed by atoms with Crippen molar-refractivity contribution in [1.82, 2.24) is 5.32 Å². The highest BCUT2D eigenvalue weighted by Gasteiger charge is 2.33. The van der Waals surface area contributed by atoms with Gasteiger partial charge in [-0.3, -0.25) is 0 Å². The molecule has 1 N–H and O–H groups in total. The Labute approximate surface area is 102 Å². The van der Waals surface area contributed by atoms with Crippen molar-refractivity contribution in [2.75, 3.05) is 6.54 Å². The molecular formula is C15H31N. The van der Waals surface area contributed by atoms with Gasteiger partial charge in [-0.2, -0.15) is 0 Å². The second kappa shape index (κ2) is 7.32. The predicted octanol–water partition coefficient (Wildman–Crippen LogP) is 4.52. The molecule has 0 amide bonds. The molecule has 0 aromatic carbocycles. The lowest BCUT2D eigenvalue weighted by Crippen LogP contribution is -2.48. The standard InChI is InChI=1S/C15H31N/c1-4-7-8-10-14-11-9-12-15(5-2,13-14)16-6-3/h14,16H,4-13H2,1-3H3. The second-order valence-corrected chi connectivity index (χ2v) is 5.62. The summed E-state index contributed by atoms with van der Waals surface area (Å²) in [7, 11) is 0. The number of hydrogen-bond donors (Lipinski definition) is 1. The number of unbranched alkanes of at least 4 members (excludes halogenated alkanes) is 2. The highest BCUT2D eigenvalue weighted by atomic mass is 15.0. The Morgan fingerprint density at radius 3 is 2.62 bits per heavy atom. The van der Waals surface area contributed by atoms with Crippen LogP contribution < -0.4 is 5.32 Å². The normalized spacial score (nSPS) is 30.6. The van der Waals surface area contributed by atoms with Gasteiger partial charge in [0.05, 0.1) is 0 Å². The molecule has 2 unspecified atom stereocenters. The van der Waals surface area contributed by atoms with Crippen LogP contribution in [-0.4, -0.2) is 12.1 Å². The Bertz CT molecular complexity index is 174. The molecule has 0 spiro atoms. The fourth-order valence-corrected chi connectivity index (χ4v) is 3.40. The van der Waals surface area contributed by atoms with Crippen molar-refractivity contribution in [2.45, 2.75) is 84.1 Å². The van der Waals surface area contributed by atoms with Gasteiger partial charge in [0.15, 0.2) is 0 Å². The number of nitrogens with one attached hydrogen (secondary N) is 1. The summed E-state index contributed by atoms with van der Waals surface area (Å²) >= 11 is 0. The van der Waals surface area contributed by atoms with Crippen LogP contribution in [0, 0.1) is 5.92 Å². The monoisotopic (exact) mass is 225 g/mol. The Hall–Kier alpha value is -0.0400. The highest BCUT2D eigenvalue weighted by Crippen LogP contribution is 2.37. The Balaban J connectivity index is 2.38. The van der Waals surface area contributed by atoms with E-state index in [4.69, 9.17) is 0 Å². The van der Waals surface area contributed by atoms with Crippen molar-refractivity contribution in [3.8, 4) is 0 Å². The van der Waals surface area contributed by atoms with E-state index in [0.717, 1.165) is 12.5 Å². The second-order valence-electron chi connectivity index (χ2n) is 5.62. The zero-order valence-electron chi connectivity index (χ0n) is 11.6. The molecule has 0 heterocycles. The van der Waals surface area contributed by atoms with Gasteiger partial charge in [-0.25, -0.2) is 0 Å². The molecule has 0 radical (unpaired) electrons. The fourth-order valence-electron chi connectivity index (χ4n) is 3.40. The van der Waals surface area contributed by atoms with Crippen molar-refractivity contribution in [2.24, 2.45) is 5.92 Å². The third-order valence-electron chi connectivity index (χ3n) is 4.39. The molecule has 0 aliphatic heterocycles. The number of hydrogen-bond acceptors (Lipinski definition) is 1. The first-order chi connectivity index (χ1) is 7.76. The third-order valence-corrected chi connectivity index (χ3v) is 4.39. The SMILES string of the molecule is CCCCCC1CCCC(CC)(NCC)C1. The molecule has 96 valence electrons. The smallest absolute Gasteiger partial charge is 0.0181 e. The van der Waals surface area contributed by atoms with Gasteiger partial charge >= 0.3 is 0 Å². The van der Waals surface area contributed by atoms with Gasteiger partial charge in [0.2, 0.25) is 0 Å². The van der Waals surface area contributed by atoms with Gasteiger partial charge in [-0.15, -0.1) is 0 Å². The van der Waals surface area contributed by atoms with Gasteiger partial charge in [0.25, 0.3) is 0 Å². The summed E-state index contributed by atoms with van der Waals surface area (Å²) in [6.45, 7) is 8.04. The molecule has 0 bridgehead atoms. The molecular weight excluding hydrogens is 194 g/mol. The third kappa shape index (κ3) is 4.08. The van der Waals surface area contributed by atoms with Gasteiger partial charge in [-0.05, 0) is 31.7 Å². The summed E-state index contributed by atoms with van der Waals surface area (Å²) in [6, 6.07) is 0. The lowest BCUT2D eigenvalue weighted by molar-refractivity contribution is 0.166. The average molecular weight is 225 g/mol. The van der Waals surface area contributed by atoms with Crippen molar-refractivity contribution < 1.29 is 0 Å². The predicted molar refractivity (Wildman–Crippen MR) is 72.8 cm³/mol. The average Bonchev–Trinajstić information content (AvgIpc) is 2.30. The van der Waals surface area contributed by atoms with E-state index < -0.39 is 0 Å². The molecule has 1 heteroatoms. The van der Waals surface area contributed by atoms with Crippen LogP contribution in [0.4, 0.5) is 0 Å². The molecule has 1 rings (SSSR count). The minimum absolute atomic E-state index is 0.490. The molecule has 0 saturated heterocycles. The van der Waals surface area contributed by atoms with E-state index in [2.05, 4.69) is 26.1 Å². The molecule has 1 aliphatic carbocycles. The van der Waals surface area contributed by atoms with Crippen molar-refractivity contribution >= 4 is 0 Å². The lowest BCUT2D eigenvalue weighted by atomic mass is 9.72. The van der Waals surface area contributed by atoms with Crippen molar-refractivity contribution in [1.29, 1.82) is 0 Å². The van der Waals surface area contributed by atoms with E-state index in [1.807, 2.05) is 0 Å². The molecule has 1 aliphatic rings. The molecule has 16 heavy (non-hydrogen) atoms. The Morgan fingerprint density at radius 2 is 2.00 bits per heavy atom. The van der Waals surface area contributed by atoms with Crippen LogP contribution in [0.5, 0.6) is 0 Å². The minimum atomic E-state index is 0.490. The Kier molecular flexibility index (Phi) is 6.41. The molecule has 1 saturated carbocycles. The molecule has 1 fully saturated rings. The maximum Gasteiger partial charge on any atom is 0.0181 e. The topological polar surface area (TPSA) is 12.0 Å². The maximum atomic E-state index is 3.77. The highest BCUT2D eigenvalue weighted by molar-refractivity contribution is 4.92. The van der Waals surface area contributed by atoms with Crippen molar-refractivity contribution in [3.05, 3.63) is 0 Å². The molecule has 1 nitrogen and oxygen atoms in total. The van der Waals surface area contributed by atoms with Gasteiger partial charge in [0.1, 0.15) is 0 Å². The van der Waals surface area contributed by atoms with E-state index in [-0.39, 0.29) is 0 Å². The van der Waals surface area contributed by atoms with Crippen LogP contribution >= 0.6 is 0 Å². The molecule has 0 aromatic rings. The quantitative estimate of drug-likeness (QED) is 0.628. The van der Waals surface area contributed by atoms with E-state index >= 15 is 0 Å².